The average molecular weight is 330 g/mol. The molecule has 0 saturated carbocycles. The number of aliphatic hydroxyl groups excluding tert-OH is 1. The Hall–Kier alpha value is -2.41. The molecule has 0 bridgehead atoms. The number of rotatable bonds is 4. The van der Waals surface area contributed by atoms with Gasteiger partial charge in [0.15, 0.2) is 0 Å². The van der Waals surface area contributed by atoms with E-state index in [1.54, 1.807) is 26.1 Å². The largest absolute Gasteiger partial charge is 0.383 e. The van der Waals surface area contributed by atoms with Gasteiger partial charge in [-0.2, -0.15) is 5.10 Å². The van der Waals surface area contributed by atoms with E-state index in [9.17, 15) is 14.7 Å². The quantitative estimate of drug-likeness (QED) is 0.791. The Labute approximate surface area is 140 Å². The van der Waals surface area contributed by atoms with Gasteiger partial charge in [-0.3, -0.25) is 14.7 Å². The molecule has 1 aromatic heterocycles. The fourth-order valence-electron chi connectivity index (χ4n) is 3.00. The van der Waals surface area contributed by atoms with Gasteiger partial charge in [0.05, 0.1) is 11.7 Å². The Morgan fingerprint density at radius 1 is 1.42 bits per heavy atom. The van der Waals surface area contributed by atoms with Crippen LogP contribution in [0.5, 0.6) is 0 Å². The normalized spacial score (nSPS) is 19.0. The summed E-state index contributed by atoms with van der Waals surface area (Å²) in [6.45, 7) is 4.07. The van der Waals surface area contributed by atoms with Crippen LogP contribution >= 0.6 is 0 Å². The van der Waals surface area contributed by atoms with Crippen molar-refractivity contribution in [3.63, 3.8) is 0 Å². The molecule has 0 unspecified atom stereocenters. The van der Waals surface area contributed by atoms with E-state index in [0.717, 1.165) is 17.3 Å². The first-order chi connectivity index (χ1) is 11.5. The molecule has 3 N–H and O–H groups in total. The molecule has 0 radical (unpaired) electrons. The molecule has 1 aliphatic heterocycles. The number of anilines is 1. The molecule has 1 aliphatic rings. The third-order valence-corrected chi connectivity index (χ3v) is 4.43. The van der Waals surface area contributed by atoms with Gasteiger partial charge in [-0.25, -0.2) is 0 Å². The monoisotopic (exact) mass is 330 g/mol. The summed E-state index contributed by atoms with van der Waals surface area (Å²) in [5.41, 5.74) is 1.56. The van der Waals surface area contributed by atoms with Crippen molar-refractivity contribution in [3.8, 4) is 0 Å². The number of hydrogen-bond acceptors (Lipinski definition) is 4. The molecule has 1 fully saturated rings. The lowest BCUT2D eigenvalue weighted by Gasteiger charge is -2.27. The topological polar surface area (TPSA) is 98.3 Å². The molecular weight excluding hydrogens is 308 g/mol. The van der Waals surface area contributed by atoms with E-state index in [1.165, 1.54) is 4.90 Å². The fourth-order valence-corrected chi connectivity index (χ4v) is 3.00. The highest BCUT2D eigenvalue weighted by Crippen LogP contribution is 2.23. The summed E-state index contributed by atoms with van der Waals surface area (Å²) in [7, 11) is 0. The van der Waals surface area contributed by atoms with Gasteiger partial charge in [0.25, 0.3) is 5.91 Å². The van der Waals surface area contributed by atoms with Crippen molar-refractivity contribution in [2.45, 2.75) is 38.8 Å². The Kier molecular flexibility index (Phi) is 4.53. The Morgan fingerprint density at radius 2 is 2.21 bits per heavy atom. The summed E-state index contributed by atoms with van der Waals surface area (Å²) < 4.78 is 0. The summed E-state index contributed by atoms with van der Waals surface area (Å²) in [6.07, 6.45) is 1.99. The van der Waals surface area contributed by atoms with Crippen molar-refractivity contribution >= 4 is 28.4 Å². The summed E-state index contributed by atoms with van der Waals surface area (Å²) in [4.78, 5) is 26.5. The molecule has 0 aliphatic carbocycles. The number of carbonyl (C=O) groups is 2. The number of likely N-dealkylation sites (tertiary alicyclic amines) is 1. The number of nitrogens with one attached hydrogen (secondary N) is 2. The minimum atomic E-state index is -1.07. The van der Waals surface area contributed by atoms with Crippen LogP contribution < -0.4 is 5.32 Å². The highest BCUT2D eigenvalue weighted by molar-refractivity contribution is 5.99. The lowest BCUT2D eigenvalue weighted by atomic mass is 10.1. The second-order valence-corrected chi connectivity index (χ2v) is 6.54. The van der Waals surface area contributed by atoms with Crippen LogP contribution in [0.3, 0.4) is 0 Å². The van der Waals surface area contributed by atoms with Crippen LogP contribution in [-0.2, 0) is 9.59 Å². The highest BCUT2D eigenvalue weighted by Gasteiger charge is 2.37. The molecule has 2 aromatic rings. The molecule has 7 heteroatoms. The van der Waals surface area contributed by atoms with Crippen LogP contribution in [0.15, 0.2) is 24.4 Å². The van der Waals surface area contributed by atoms with E-state index in [1.807, 2.05) is 12.1 Å². The van der Waals surface area contributed by atoms with E-state index in [-0.39, 0.29) is 17.7 Å². The highest BCUT2D eigenvalue weighted by atomic mass is 16.3. The second kappa shape index (κ2) is 6.60. The molecular formula is C17H22N4O3. The smallest absolute Gasteiger partial charge is 0.252 e. The fraction of sp³-hybridized carbons (Fsp3) is 0.471. The summed E-state index contributed by atoms with van der Waals surface area (Å²) in [6, 6.07) is 4.94. The molecule has 0 spiro atoms. The zero-order chi connectivity index (χ0) is 17.3. The molecule has 2 amide bonds. The van der Waals surface area contributed by atoms with Crippen molar-refractivity contribution in [2.24, 2.45) is 5.92 Å². The standard InChI is InChI=1S/C17H22N4O3/c1-10(2)15(22)17(24)21-7-3-4-14(21)16(23)19-12-5-6-13-11(8-12)9-18-20-13/h5-6,8-10,14-15,22H,3-4,7H2,1-2H3,(H,18,20)(H,19,23)/t14-,15-/m0/s1. The van der Waals surface area contributed by atoms with Crippen molar-refractivity contribution in [2.75, 3.05) is 11.9 Å². The van der Waals surface area contributed by atoms with Crippen LogP contribution in [0, 0.1) is 5.92 Å². The van der Waals surface area contributed by atoms with Gasteiger partial charge in [-0.15, -0.1) is 0 Å². The maximum absolute atomic E-state index is 12.6. The number of H-pyrrole nitrogens is 1. The van der Waals surface area contributed by atoms with Crippen molar-refractivity contribution in [1.82, 2.24) is 15.1 Å². The van der Waals surface area contributed by atoms with Gasteiger partial charge in [0.2, 0.25) is 5.91 Å². The Balaban J connectivity index is 1.72. The van der Waals surface area contributed by atoms with E-state index in [4.69, 9.17) is 0 Å². The Morgan fingerprint density at radius 3 is 2.96 bits per heavy atom. The van der Waals surface area contributed by atoms with Gasteiger partial charge < -0.3 is 15.3 Å². The lowest BCUT2D eigenvalue weighted by molar-refractivity contribution is -0.146. The summed E-state index contributed by atoms with van der Waals surface area (Å²) in [5.74, 6) is -0.766. The number of fused-ring (bicyclic) bond motifs is 1. The SMILES string of the molecule is CC(C)[C@H](O)C(=O)N1CCC[C@H]1C(=O)Nc1ccc2[nH]ncc2c1. The number of aliphatic hydroxyl groups is 1. The van der Waals surface area contributed by atoms with E-state index in [2.05, 4.69) is 15.5 Å². The predicted molar refractivity (Wildman–Crippen MR) is 90.3 cm³/mol. The van der Waals surface area contributed by atoms with Gasteiger partial charge in [-0.05, 0) is 37.0 Å². The molecule has 3 rings (SSSR count). The first-order valence-corrected chi connectivity index (χ1v) is 8.20. The third kappa shape index (κ3) is 3.12. The molecule has 128 valence electrons. The number of benzene rings is 1. The van der Waals surface area contributed by atoms with Crippen LogP contribution in [-0.4, -0.2) is 50.7 Å². The van der Waals surface area contributed by atoms with E-state index in [0.29, 0.717) is 18.7 Å². The zero-order valence-electron chi connectivity index (χ0n) is 13.8. The predicted octanol–water partition coefficient (Wildman–Crippen LogP) is 1.51. The molecule has 7 nitrogen and oxygen atoms in total. The Bertz CT molecular complexity index is 755. The average Bonchev–Trinajstić information content (AvgIpc) is 3.21. The lowest BCUT2D eigenvalue weighted by Crippen LogP contribution is -2.48. The van der Waals surface area contributed by atoms with Crippen LogP contribution in [0.2, 0.25) is 0 Å². The number of aromatic nitrogens is 2. The number of hydrogen-bond donors (Lipinski definition) is 3. The molecule has 2 atom stereocenters. The summed E-state index contributed by atoms with van der Waals surface area (Å²) >= 11 is 0. The molecule has 1 saturated heterocycles. The minimum absolute atomic E-state index is 0.176. The van der Waals surface area contributed by atoms with Crippen LogP contribution in [0.25, 0.3) is 10.9 Å². The van der Waals surface area contributed by atoms with Crippen molar-refractivity contribution in [3.05, 3.63) is 24.4 Å². The van der Waals surface area contributed by atoms with E-state index < -0.39 is 12.1 Å². The first-order valence-electron chi connectivity index (χ1n) is 8.20. The third-order valence-electron chi connectivity index (χ3n) is 4.43. The molecule has 1 aromatic carbocycles. The molecule has 24 heavy (non-hydrogen) atoms. The van der Waals surface area contributed by atoms with Gasteiger partial charge >= 0.3 is 0 Å². The van der Waals surface area contributed by atoms with Gasteiger partial charge in [0.1, 0.15) is 12.1 Å². The van der Waals surface area contributed by atoms with Gasteiger partial charge in [0, 0.05) is 17.6 Å². The minimum Gasteiger partial charge on any atom is -0.383 e. The first kappa shape index (κ1) is 16.4. The zero-order valence-corrected chi connectivity index (χ0v) is 13.8. The second-order valence-electron chi connectivity index (χ2n) is 6.54. The maximum atomic E-state index is 12.6. The van der Waals surface area contributed by atoms with Crippen LogP contribution in [0.1, 0.15) is 26.7 Å². The van der Waals surface area contributed by atoms with E-state index >= 15 is 0 Å². The number of amides is 2. The number of aromatic amines is 1. The van der Waals surface area contributed by atoms with Crippen molar-refractivity contribution < 1.29 is 14.7 Å². The van der Waals surface area contributed by atoms with Crippen molar-refractivity contribution in [1.29, 1.82) is 0 Å². The maximum Gasteiger partial charge on any atom is 0.252 e. The number of carbonyl (C=O) groups excluding carboxylic acids is 2. The molecule has 2 heterocycles. The summed E-state index contributed by atoms with van der Waals surface area (Å²) in [5, 5.41) is 20.6. The van der Waals surface area contributed by atoms with Gasteiger partial charge in [-0.1, -0.05) is 13.8 Å². The van der Waals surface area contributed by atoms with Crippen LogP contribution in [0.4, 0.5) is 5.69 Å². The number of nitrogens with zero attached hydrogens (tertiary/aromatic N) is 2.